The Morgan fingerprint density at radius 3 is 2.88 bits per heavy atom. The predicted molar refractivity (Wildman–Crippen MR) is 55.0 cm³/mol. The standard InChI is InChI=1S/C9H4ClFN2O3/c10-4-3-6(13(15)16)9(14)8-7(4)5(11)1-2-12-8/h1-3,14H. The molecule has 5 nitrogen and oxygen atoms in total. The maximum absolute atomic E-state index is 13.4. The van der Waals surface area contributed by atoms with E-state index in [1.807, 2.05) is 0 Å². The van der Waals surface area contributed by atoms with Gasteiger partial charge in [-0.05, 0) is 6.07 Å². The summed E-state index contributed by atoms with van der Waals surface area (Å²) in [6, 6.07) is 1.95. The first-order valence-electron chi connectivity index (χ1n) is 4.12. The largest absolute Gasteiger partial charge is 0.501 e. The smallest absolute Gasteiger partial charge is 0.314 e. The number of fused-ring (bicyclic) bond motifs is 1. The Hall–Kier alpha value is -1.95. The molecule has 0 unspecified atom stereocenters. The van der Waals surface area contributed by atoms with Gasteiger partial charge in [-0.25, -0.2) is 4.39 Å². The summed E-state index contributed by atoms with van der Waals surface area (Å²) in [5.41, 5.74) is -0.824. The number of hydrogen-bond acceptors (Lipinski definition) is 4. The lowest BCUT2D eigenvalue weighted by atomic mass is 10.1. The first-order valence-corrected chi connectivity index (χ1v) is 4.50. The predicted octanol–water partition coefficient (Wildman–Crippen LogP) is 2.64. The van der Waals surface area contributed by atoms with Crippen molar-refractivity contribution in [2.45, 2.75) is 0 Å². The minimum absolute atomic E-state index is 0.132. The van der Waals surface area contributed by atoms with Gasteiger partial charge in [-0.1, -0.05) is 11.6 Å². The van der Waals surface area contributed by atoms with E-state index in [1.54, 1.807) is 0 Å². The second kappa shape index (κ2) is 3.57. The zero-order valence-corrected chi connectivity index (χ0v) is 8.40. The number of halogens is 2. The number of nitrogens with zero attached hydrogens (tertiary/aromatic N) is 2. The summed E-state index contributed by atoms with van der Waals surface area (Å²) < 4.78 is 13.4. The number of nitro groups is 1. The first-order chi connectivity index (χ1) is 7.52. The molecule has 0 amide bonds. The van der Waals surface area contributed by atoms with Crippen LogP contribution in [0.25, 0.3) is 10.9 Å². The number of benzene rings is 1. The Morgan fingerprint density at radius 2 is 2.25 bits per heavy atom. The normalized spacial score (nSPS) is 10.6. The van der Waals surface area contributed by atoms with E-state index in [0.717, 1.165) is 18.3 Å². The molecule has 0 bridgehead atoms. The fourth-order valence-electron chi connectivity index (χ4n) is 1.37. The van der Waals surface area contributed by atoms with Gasteiger partial charge in [0.1, 0.15) is 11.3 Å². The minimum Gasteiger partial charge on any atom is -0.501 e. The van der Waals surface area contributed by atoms with E-state index in [0.29, 0.717) is 0 Å². The van der Waals surface area contributed by atoms with Crippen molar-refractivity contribution >= 4 is 28.2 Å². The maximum Gasteiger partial charge on any atom is 0.314 e. The molecule has 1 aromatic carbocycles. The van der Waals surface area contributed by atoms with Crippen molar-refractivity contribution in [3.05, 3.63) is 39.3 Å². The number of aromatic hydroxyl groups is 1. The highest BCUT2D eigenvalue weighted by molar-refractivity contribution is 6.36. The van der Waals surface area contributed by atoms with Crippen LogP contribution in [0.15, 0.2) is 18.3 Å². The highest BCUT2D eigenvalue weighted by Crippen LogP contribution is 2.38. The van der Waals surface area contributed by atoms with Crippen LogP contribution in [0.4, 0.5) is 10.1 Å². The van der Waals surface area contributed by atoms with E-state index in [2.05, 4.69) is 4.98 Å². The van der Waals surface area contributed by atoms with E-state index < -0.39 is 22.2 Å². The van der Waals surface area contributed by atoms with Gasteiger partial charge in [0, 0.05) is 12.3 Å². The number of rotatable bonds is 1. The van der Waals surface area contributed by atoms with Crippen LogP contribution in [0.3, 0.4) is 0 Å². The summed E-state index contributed by atoms with van der Waals surface area (Å²) >= 11 is 5.69. The van der Waals surface area contributed by atoms with Gasteiger partial charge in [-0.3, -0.25) is 15.1 Å². The molecule has 0 fully saturated rings. The van der Waals surface area contributed by atoms with Crippen molar-refractivity contribution in [2.24, 2.45) is 0 Å². The van der Waals surface area contributed by atoms with Gasteiger partial charge < -0.3 is 5.11 Å². The molecule has 0 atom stereocenters. The molecule has 0 aliphatic heterocycles. The number of aromatic nitrogens is 1. The van der Waals surface area contributed by atoms with Crippen molar-refractivity contribution in [3.8, 4) is 5.75 Å². The van der Waals surface area contributed by atoms with Gasteiger partial charge in [0.25, 0.3) is 0 Å². The molecule has 2 aromatic rings. The fraction of sp³-hybridized carbons (Fsp3) is 0. The summed E-state index contributed by atoms with van der Waals surface area (Å²) in [5, 5.41) is 19.8. The van der Waals surface area contributed by atoms with Crippen molar-refractivity contribution in [1.29, 1.82) is 0 Å². The topological polar surface area (TPSA) is 76.3 Å². The summed E-state index contributed by atoms with van der Waals surface area (Å²) in [7, 11) is 0. The highest BCUT2D eigenvalue weighted by atomic mass is 35.5. The van der Waals surface area contributed by atoms with Crippen LogP contribution in [-0.4, -0.2) is 15.0 Å². The fourth-order valence-corrected chi connectivity index (χ4v) is 1.65. The van der Waals surface area contributed by atoms with Gasteiger partial charge in [0.2, 0.25) is 5.75 Å². The monoisotopic (exact) mass is 242 g/mol. The Kier molecular flexibility index (Phi) is 2.35. The Labute approximate surface area is 93.2 Å². The summed E-state index contributed by atoms with van der Waals surface area (Å²) in [4.78, 5) is 13.4. The molecule has 1 N–H and O–H groups in total. The van der Waals surface area contributed by atoms with E-state index in [1.165, 1.54) is 0 Å². The maximum atomic E-state index is 13.4. The second-order valence-electron chi connectivity index (χ2n) is 3.00. The third-order valence-electron chi connectivity index (χ3n) is 2.07. The second-order valence-corrected chi connectivity index (χ2v) is 3.41. The molecule has 82 valence electrons. The van der Waals surface area contributed by atoms with Crippen LogP contribution >= 0.6 is 11.6 Å². The molecular weight excluding hydrogens is 239 g/mol. The van der Waals surface area contributed by atoms with Gasteiger partial charge in [0.15, 0.2) is 0 Å². The molecule has 7 heteroatoms. The number of nitro benzene ring substituents is 1. The molecule has 0 aliphatic rings. The number of phenolic OH excluding ortho intramolecular Hbond substituents is 1. The lowest BCUT2D eigenvalue weighted by Crippen LogP contribution is -1.92. The van der Waals surface area contributed by atoms with E-state index in [4.69, 9.17) is 11.6 Å². The molecule has 0 spiro atoms. The van der Waals surface area contributed by atoms with E-state index in [9.17, 15) is 19.6 Å². The average Bonchev–Trinajstić information content (AvgIpc) is 2.22. The van der Waals surface area contributed by atoms with Gasteiger partial charge >= 0.3 is 5.69 Å². The molecule has 16 heavy (non-hydrogen) atoms. The lowest BCUT2D eigenvalue weighted by molar-refractivity contribution is -0.385. The molecule has 0 radical (unpaired) electrons. The molecule has 0 saturated heterocycles. The average molecular weight is 243 g/mol. The molecule has 0 aliphatic carbocycles. The van der Waals surface area contributed by atoms with E-state index in [-0.39, 0.29) is 15.9 Å². The van der Waals surface area contributed by atoms with Crippen LogP contribution in [0.5, 0.6) is 5.75 Å². The van der Waals surface area contributed by atoms with E-state index >= 15 is 0 Å². The van der Waals surface area contributed by atoms with Crippen molar-refractivity contribution < 1.29 is 14.4 Å². The SMILES string of the molecule is O=[N+]([O-])c1cc(Cl)c2c(F)ccnc2c1O. The Balaban J connectivity index is 2.96. The van der Waals surface area contributed by atoms with Crippen LogP contribution in [-0.2, 0) is 0 Å². The van der Waals surface area contributed by atoms with Gasteiger partial charge in [-0.2, -0.15) is 0 Å². The highest BCUT2D eigenvalue weighted by Gasteiger charge is 2.21. The third kappa shape index (κ3) is 1.43. The van der Waals surface area contributed by atoms with Crippen LogP contribution in [0.1, 0.15) is 0 Å². The molecule has 2 rings (SSSR count). The number of phenols is 1. The Morgan fingerprint density at radius 1 is 1.56 bits per heavy atom. The molecule has 1 heterocycles. The van der Waals surface area contributed by atoms with Gasteiger partial charge in [0.05, 0.1) is 15.3 Å². The quantitative estimate of drug-likeness (QED) is 0.616. The third-order valence-corrected chi connectivity index (χ3v) is 2.36. The van der Waals surface area contributed by atoms with Crippen molar-refractivity contribution in [2.75, 3.05) is 0 Å². The number of pyridine rings is 1. The molecular formula is C9H4ClFN2O3. The molecule has 0 saturated carbocycles. The van der Waals surface area contributed by atoms with Crippen LogP contribution in [0.2, 0.25) is 5.02 Å². The van der Waals surface area contributed by atoms with Crippen molar-refractivity contribution in [3.63, 3.8) is 0 Å². The van der Waals surface area contributed by atoms with Crippen LogP contribution < -0.4 is 0 Å². The summed E-state index contributed by atoms with van der Waals surface area (Å²) in [6.07, 6.45) is 1.09. The van der Waals surface area contributed by atoms with Crippen LogP contribution in [0, 0.1) is 15.9 Å². The lowest BCUT2D eigenvalue weighted by Gasteiger charge is -2.03. The number of hydrogen-bond donors (Lipinski definition) is 1. The zero-order valence-electron chi connectivity index (χ0n) is 7.65. The van der Waals surface area contributed by atoms with Gasteiger partial charge in [-0.15, -0.1) is 0 Å². The Bertz CT molecular complexity index is 603. The van der Waals surface area contributed by atoms with Crippen molar-refractivity contribution in [1.82, 2.24) is 4.98 Å². The first kappa shape index (κ1) is 10.6. The summed E-state index contributed by atoms with van der Waals surface area (Å²) in [5.74, 6) is -1.39. The zero-order chi connectivity index (χ0) is 11.9. The molecule has 1 aromatic heterocycles. The summed E-state index contributed by atoms with van der Waals surface area (Å²) in [6.45, 7) is 0. The minimum atomic E-state index is -0.812.